The summed E-state index contributed by atoms with van der Waals surface area (Å²) in [6.45, 7) is 0. The minimum Gasteiger partial charge on any atom is -0.507 e. The number of carbonyl (C=O) groups excluding carboxylic acids is 2. The van der Waals surface area contributed by atoms with Crippen molar-refractivity contribution in [2.24, 2.45) is 0 Å². The molecule has 0 radical (unpaired) electrons. The number of aromatic nitrogens is 1. The number of halogens is 1. The number of amides is 1. The van der Waals surface area contributed by atoms with E-state index in [0.717, 1.165) is 11.3 Å². The Morgan fingerprint density at radius 2 is 1.74 bits per heavy atom. The van der Waals surface area contributed by atoms with E-state index in [-0.39, 0.29) is 16.5 Å². The van der Waals surface area contributed by atoms with Gasteiger partial charge in [0.1, 0.15) is 11.6 Å². The van der Waals surface area contributed by atoms with Gasteiger partial charge in [-0.1, -0.05) is 47.7 Å². The van der Waals surface area contributed by atoms with Crippen molar-refractivity contribution in [3.05, 3.63) is 89.2 Å². The third-order valence-corrected chi connectivity index (χ3v) is 6.78. The molecule has 1 N–H and O–H groups in total. The molecule has 4 aromatic rings. The van der Waals surface area contributed by atoms with Crippen LogP contribution in [-0.4, -0.2) is 36.0 Å². The van der Waals surface area contributed by atoms with Crippen LogP contribution in [0.25, 0.3) is 16.0 Å². The molecule has 2 heterocycles. The minimum absolute atomic E-state index is 0.0844. The lowest BCUT2D eigenvalue weighted by Crippen LogP contribution is -2.29. The number of fused-ring (bicyclic) bond motifs is 1. The average Bonchev–Trinajstić information content (AvgIpc) is 3.41. The molecule has 1 aliphatic rings. The van der Waals surface area contributed by atoms with Crippen molar-refractivity contribution in [1.82, 2.24) is 4.98 Å². The first-order valence-electron chi connectivity index (χ1n) is 10.6. The summed E-state index contributed by atoms with van der Waals surface area (Å²) in [4.78, 5) is 32.3. The van der Waals surface area contributed by atoms with Crippen molar-refractivity contribution in [3.8, 4) is 11.5 Å². The fourth-order valence-electron chi connectivity index (χ4n) is 4.11. The molecule has 176 valence electrons. The lowest BCUT2D eigenvalue weighted by Gasteiger charge is -2.23. The summed E-state index contributed by atoms with van der Waals surface area (Å²) in [5.74, 6) is -1.58. The quantitative estimate of drug-likeness (QED) is 0.239. The van der Waals surface area contributed by atoms with Crippen LogP contribution in [-0.2, 0) is 9.59 Å². The molecule has 5 rings (SSSR count). The molecular formula is C26H19FN2O5S. The molecule has 0 spiro atoms. The van der Waals surface area contributed by atoms with Gasteiger partial charge in [-0.05, 0) is 35.9 Å². The van der Waals surface area contributed by atoms with E-state index in [1.54, 1.807) is 48.5 Å². The number of carbonyl (C=O) groups is 2. The Hall–Kier alpha value is -4.24. The van der Waals surface area contributed by atoms with E-state index in [2.05, 4.69) is 4.98 Å². The number of hydrogen-bond donors (Lipinski definition) is 1. The number of anilines is 1. The second-order valence-electron chi connectivity index (χ2n) is 7.76. The molecule has 1 aromatic heterocycles. The molecule has 1 saturated heterocycles. The van der Waals surface area contributed by atoms with Gasteiger partial charge >= 0.3 is 5.91 Å². The van der Waals surface area contributed by atoms with Gasteiger partial charge in [-0.3, -0.25) is 14.5 Å². The van der Waals surface area contributed by atoms with Crippen molar-refractivity contribution in [1.29, 1.82) is 0 Å². The van der Waals surface area contributed by atoms with Gasteiger partial charge in [-0.15, -0.1) is 0 Å². The molecule has 1 atom stereocenters. The summed E-state index contributed by atoms with van der Waals surface area (Å²) in [6, 6.07) is 16.6. The number of aliphatic hydroxyl groups excluding tert-OH is 1. The molecule has 3 aromatic carbocycles. The number of hydrogen-bond acceptors (Lipinski definition) is 7. The summed E-state index contributed by atoms with van der Waals surface area (Å²) in [7, 11) is 2.98. The van der Waals surface area contributed by atoms with E-state index in [1.165, 1.54) is 37.3 Å². The summed E-state index contributed by atoms with van der Waals surface area (Å²) in [5, 5.41) is 11.4. The molecule has 1 fully saturated rings. The van der Waals surface area contributed by atoms with Gasteiger partial charge in [0.2, 0.25) is 0 Å². The number of rotatable bonds is 5. The fourth-order valence-corrected chi connectivity index (χ4v) is 5.13. The van der Waals surface area contributed by atoms with Crippen molar-refractivity contribution < 1.29 is 28.6 Å². The zero-order valence-electron chi connectivity index (χ0n) is 18.7. The van der Waals surface area contributed by atoms with Gasteiger partial charge in [0.15, 0.2) is 16.6 Å². The predicted molar refractivity (Wildman–Crippen MR) is 130 cm³/mol. The van der Waals surface area contributed by atoms with Crippen molar-refractivity contribution in [2.75, 3.05) is 19.1 Å². The molecule has 0 saturated carbocycles. The first-order chi connectivity index (χ1) is 16.9. The summed E-state index contributed by atoms with van der Waals surface area (Å²) < 4.78 is 25.1. The lowest BCUT2D eigenvalue weighted by atomic mass is 9.95. The second-order valence-corrected chi connectivity index (χ2v) is 8.77. The van der Waals surface area contributed by atoms with Gasteiger partial charge < -0.3 is 14.6 Å². The highest BCUT2D eigenvalue weighted by Gasteiger charge is 2.48. The number of nitrogens with zero attached hydrogens (tertiary/aromatic N) is 2. The van der Waals surface area contributed by atoms with Gasteiger partial charge in [0, 0.05) is 5.56 Å². The Kier molecular flexibility index (Phi) is 5.70. The first-order valence-corrected chi connectivity index (χ1v) is 11.4. The summed E-state index contributed by atoms with van der Waals surface area (Å²) in [5.41, 5.74) is 1.30. The fraction of sp³-hybridized carbons (Fsp3) is 0.115. The van der Waals surface area contributed by atoms with Crippen LogP contribution in [0.15, 0.2) is 72.3 Å². The van der Waals surface area contributed by atoms with Crippen LogP contribution < -0.4 is 14.4 Å². The van der Waals surface area contributed by atoms with Crippen molar-refractivity contribution in [2.45, 2.75) is 6.04 Å². The monoisotopic (exact) mass is 490 g/mol. The number of Topliss-reactive ketones (excluding diaryl/α,β-unsaturated/α-hetero) is 1. The standard InChI is InChI=1S/C26H19FN2O5S/c1-33-18-11-8-15(12-19(18)34-2)22-21(23(30)14-6-4-3-5-7-14)24(31)25(32)29(22)26-28-17-10-9-16(27)13-20(17)35-26/h3-13,22,30H,1-2H3. The largest absolute Gasteiger partial charge is 0.507 e. The molecule has 9 heteroatoms. The molecule has 1 unspecified atom stereocenters. The number of benzene rings is 3. The van der Waals surface area contributed by atoms with Gasteiger partial charge in [-0.2, -0.15) is 0 Å². The second kappa shape index (κ2) is 8.84. The van der Waals surface area contributed by atoms with Crippen molar-refractivity contribution in [3.63, 3.8) is 0 Å². The number of ketones is 1. The molecule has 1 amide bonds. The van der Waals surface area contributed by atoms with E-state index in [0.29, 0.717) is 32.8 Å². The topological polar surface area (TPSA) is 89.0 Å². The molecule has 7 nitrogen and oxygen atoms in total. The Morgan fingerprint density at radius 1 is 1.00 bits per heavy atom. The van der Waals surface area contributed by atoms with Gasteiger partial charge in [-0.25, -0.2) is 9.37 Å². The van der Waals surface area contributed by atoms with Crippen LogP contribution in [0, 0.1) is 5.82 Å². The van der Waals surface area contributed by atoms with E-state index < -0.39 is 23.5 Å². The van der Waals surface area contributed by atoms with E-state index >= 15 is 0 Å². The molecular weight excluding hydrogens is 471 g/mol. The molecule has 0 bridgehead atoms. The van der Waals surface area contributed by atoms with Crippen LogP contribution in [0.1, 0.15) is 17.2 Å². The first kappa shape index (κ1) is 22.5. The van der Waals surface area contributed by atoms with E-state index in [1.807, 2.05) is 0 Å². The third-order valence-electron chi connectivity index (χ3n) is 5.76. The Balaban J connectivity index is 1.75. The Labute approximate surface area is 203 Å². The van der Waals surface area contributed by atoms with Crippen LogP contribution >= 0.6 is 11.3 Å². The number of aliphatic hydroxyl groups is 1. The lowest BCUT2D eigenvalue weighted by molar-refractivity contribution is -0.132. The number of thiazole rings is 1. The smallest absolute Gasteiger partial charge is 0.301 e. The molecule has 0 aliphatic carbocycles. The highest BCUT2D eigenvalue weighted by molar-refractivity contribution is 7.22. The van der Waals surface area contributed by atoms with Crippen LogP contribution in [0.3, 0.4) is 0 Å². The third kappa shape index (κ3) is 3.79. The highest BCUT2D eigenvalue weighted by Crippen LogP contribution is 2.45. The maximum Gasteiger partial charge on any atom is 0.301 e. The Bertz CT molecular complexity index is 1500. The highest BCUT2D eigenvalue weighted by atomic mass is 32.1. The van der Waals surface area contributed by atoms with Gasteiger partial charge in [0.05, 0.1) is 36.1 Å². The summed E-state index contributed by atoms with van der Waals surface area (Å²) >= 11 is 1.08. The van der Waals surface area contributed by atoms with Crippen LogP contribution in [0.5, 0.6) is 11.5 Å². The molecule has 35 heavy (non-hydrogen) atoms. The Morgan fingerprint density at radius 3 is 2.46 bits per heavy atom. The van der Waals surface area contributed by atoms with Gasteiger partial charge in [0.25, 0.3) is 5.78 Å². The number of ether oxygens (including phenoxy) is 2. The van der Waals surface area contributed by atoms with E-state index in [9.17, 15) is 19.1 Å². The SMILES string of the molecule is COc1ccc(C2C(=C(O)c3ccccc3)C(=O)C(=O)N2c2nc3ccc(F)cc3s2)cc1OC. The average molecular weight is 491 g/mol. The predicted octanol–water partition coefficient (Wildman–Crippen LogP) is 5.08. The normalized spacial score (nSPS) is 17.2. The number of methoxy groups -OCH3 is 2. The minimum atomic E-state index is -1.000. The van der Waals surface area contributed by atoms with E-state index in [4.69, 9.17) is 9.47 Å². The maximum absolute atomic E-state index is 13.8. The molecule has 1 aliphatic heterocycles. The maximum atomic E-state index is 13.8. The zero-order valence-corrected chi connectivity index (χ0v) is 19.5. The van der Waals surface area contributed by atoms with Crippen LogP contribution in [0.2, 0.25) is 0 Å². The van der Waals surface area contributed by atoms with Crippen molar-refractivity contribution >= 4 is 44.1 Å². The van der Waals surface area contributed by atoms with Crippen LogP contribution in [0.4, 0.5) is 9.52 Å². The zero-order chi connectivity index (χ0) is 24.7. The summed E-state index contributed by atoms with van der Waals surface area (Å²) in [6.07, 6.45) is 0.